The second kappa shape index (κ2) is 8.72. The minimum atomic E-state index is -1.22. The number of aromatic hydroxyl groups is 1. The molecule has 2 heterocycles. The molecule has 7 nitrogen and oxygen atoms in total. The van der Waals surface area contributed by atoms with E-state index >= 15 is 0 Å². The van der Waals surface area contributed by atoms with Gasteiger partial charge in [0.25, 0.3) is 0 Å². The van der Waals surface area contributed by atoms with E-state index in [1.165, 1.54) is 12.1 Å². The second-order valence-electron chi connectivity index (χ2n) is 7.96. The molecule has 2 fully saturated rings. The molecule has 2 saturated heterocycles. The largest absolute Gasteiger partial charge is 0.508 e. The predicted octanol–water partition coefficient (Wildman–Crippen LogP) is 2.87. The van der Waals surface area contributed by atoms with E-state index in [1.807, 2.05) is 29.2 Å². The van der Waals surface area contributed by atoms with Crippen LogP contribution in [0.4, 0.5) is 10.1 Å². The minimum Gasteiger partial charge on any atom is -0.508 e. The highest BCUT2D eigenvalue weighted by atomic mass is 19.1. The summed E-state index contributed by atoms with van der Waals surface area (Å²) in [6, 6.07) is 11.7. The number of ether oxygens (including phenoxy) is 3. The summed E-state index contributed by atoms with van der Waals surface area (Å²) < 4.78 is 31.7. The molecule has 0 saturated carbocycles. The first kappa shape index (κ1) is 21.4. The van der Waals surface area contributed by atoms with E-state index in [4.69, 9.17) is 14.2 Å². The summed E-state index contributed by atoms with van der Waals surface area (Å²) >= 11 is 0. The van der Waals surface area contributed by atoms with Crippen molar-refractivity contribution in [1.82, 2.24) is 4.90 Å². The first-order valence-corrected chi connectivity index (χ1v) is 10.4. The number of phenolic OH excluding ortho intramolecular Hbond substituents is 1. The Labute approximate surface area is 180 Å². The third-order valence-electron chi connectivity index (χ3n) is 5.74. The van der Waals surface area contributed by atoms with Crippen molar-refractivity contribution in [3.05, 3.63) is 53.8 Å². The van der Waals surface area contributed by atoms with Crippen LogP contribution in [0.15, 0.2) is 42.5 Å². The fourth-order valence-corrected chi connectivity index (χ4v) is 3.96. The van der Waals surface area contributed by atoms with E-state index in [2.05, 4.69) is 4.90 Å². The SMILES string of the molecule is CC(=O)N1CCN(c2ccc(OCC3COC(C)(c4ccc(O)cc4F)O3)cc2)CC1. The van der Waals surface area contributed by atoms with Gasteiger partial charge in [0, 0.05) is 50.4 Å². The molecule has 2 atom stereocenters. The summed E-state index contributed by atoms with van der Waals surface area (Å²) in [4.78, 5) is 15.6. The molecule has 0 spiro atoms. The van der Waals surface area contributed by atoms with Crippen LogP contribution in [0.25, 0.3) is 0 Å². The fraction of sp³-hybridized carbons (Fsp3) is 0.435. The predicted molar refractivity (Wildman–Crippen MR) is 113 cm³/mol. The van der Waals surface area contributed by atoms with Crippen LogP contribution >= 0.6 is 0 Å². The van der Waals surface area contributed by atoms with Crippen LogP contribution in [0.1, 0.15) is 19.4 Å². The van der Waals surface area contributed by atoms with Crippen molar-refractivity contribution in [2.24, 2.45) is 0 Å². The molecule has 2 aromatic rings. The minimum absolute atomic E-state index is 0.116. The van der Waals surface area contributed by atoms with Gasteiger partial charge in [-0.3, -0.25) is 4.79 Å². The number of rotatable bonds is 5. The van der Waals surface area contributed by atoms with E-state index in [0.717, 1.165) is 37.9 Å². The lowest BCUT2D eigenvalue weighted by Gasteiger charge is -2.35. The average molecular weight is 430 g/mol. The monoisotopic (exact) mass is 430 g/mol. The number of benzene rings is 2. The number of anilines is 1. The van der Waals surface area contributed by atoms with Gasteiger partial charge in [-0.05, 0) is 43.3 Å². The van der Waals surface area contributed by atoms with Gasteiger partial charge in [-0.25, -0.2) is 4.39 Å². The lowest BCUT2D eigenvalue weighted by atomic mass is 10.1. The number of carbonyl (C=O) groups excluding carboxylic acids is 1. The molecule has 1 amide bonds. The highest BCUT2D eigenvalue weighted by Gasteiger charge is 2.41. The zero-order valence-electron chi connectivity index (χ0n) is 17.7. The number of nitrogens with zero attached hydrogens (tertiary/aromatic N) is 2. The smallest absolute Gasteiger partial charge is 0.219 e. The third kappa shape index (κ3) is 4.75. The normalized spacial score (nSPS) is 23.8. The summed E-state index contributed by atoms with van der Waals surface area (Å²) in [6.07, 6.45) is -0.350. The van der Waals surface area contributed by atoms with Gasteiger partial charge >= 0.3 is 0 Å². The molecule has 31 heavy (non-hydrogen) atoms. The molecule has 166 valence electrons. The van der Waals surface area contributed by atoms with Crippen LogP contribution in [0.3, 0.4) is 0 Å². The Morgan fingerprint density at radius 1 is 1.19 bits per heavy atom. The van der Waals surface area contributed by atoms with Crippen molar-refractivity contribution in [1.29, 1.82) is 0 Å². The summed E-state index contributed by atoms with van der Waals surface area (Å²) in [7, 11) is 0. The molecular weight excluding hydrogens is 403 g/mol. The van der Waals surface area contributed by atoms with E-state index in [9.17, 15) is 14.3 Å². The molecule has 2 aromatic carbocycles. The van der Waals surface area contributed by atoms with Crippen LogP contribution in [0, 0.1) is 5.82 Å². The number of phenols is 1. The maximum absolute atomic E-state index is 14.2. The van der Waals surface area contributed by atoms with Crippen molar-refractivity contribution < 1.29 is 28.5 Å². The molecule has 0 bridgehead atoms. The zero-order chi connectivity index (χ0) is 22.0. The fourth-order valence-electron chi connectivity index (χ4n) is 3.96. The van der Waals surface area contributed by atoms with E-state index < -0.39 is 11.6 Å². The Hall–Kier alpha value is -2.84. The van der Waals surface area contributed by atoms with Gasteiger partial charge in [0.05, 0.1) is 6.61 Å². The second-order valence-corrected chi connectivity index (χ2v) is 7.96. The summed E-state index contributed by atoms with van der Waals surface area (Å²) in [5, 5.41) is 9.40. The quantitative estimate of drug-likeness (QED) is 0.787. The molecule has 2 unspecified atom stereocenters. The number of hydrogen-bond acceptors (Lipinski definition) is 6. The highest BCUT2D eigenvalue weighted by molar-refractivity contribution is 5.73. The number of piperazine rings is 1. The maximum Gasteiger partial charge on any atom is 0.219 e. The molecule has 8 heteroatoms. The van der Waals surface area contributed by atoms with Gasteiger partial charge in [0.1, 0.15) is 30.0 Å². The van der Waals surface area contributed by atoms with Gasteiger partial charge in [0.2, 0.25) is 5.91 Å². The van der Waals surface area contributed by atoms with Crippen molar-refractivity contribution in [3.63, 3.8) is 0 Å². The third-order valence-corrected chi connectivity index (χ3v) is 5.74. The first-order chi connectivity index (χ1) is 14.8. The molecule has 1 N–H and O–H groups in total. The number of amides is 1. The Balaban J connectivity index is 1.30. The highest BCUT2D eigenvalue weighted by Crippen LogP contribution is 2.36. The molecule has 2 aliphatic rings. The van der Waals surface area contributed by atoms with E-state index in [0.29, 0.717) is 5.75 Å². The van der Waals surface area contributed by atoms with E-state index in [1.54, 1.807) is 13.8 Å². The Bertz CT molecular complexity index is 930. The summed E-state index contributed by atoms with van der Waals surface area (Å²) in [5.74, 6) is -1.13. The molecule has 4 rings (SSSR count). The van der Waals surface area contributed by atoms with Crippen LogP contribution in [-0.2, 0) is 20.1 Å². The Morgan fingerprint density at radius 3 is 2.55 bits per heavy atom. The van der Waals surface area contributed by atoms with Crippen molar-refractivity contribution >= 4 is 11.6 Å². The molecule has 0 aliphatic carbocycles. The topological polar surface area (TPSA) is 71.5 Å². The molecular formula is C23H27FN2O5. The van der Waals surface area contributed by atoms with Crippen LogP contribution < -0.4 is 9.64 Å². The van der Waals surface area contributed by atoms with Crippen molar-refractivity contribution in [3.8, 4) is 11.5 Å². The van der Waals surface area contributed by atoms with Gasteiger partial charge in [-0.1, -0.05) is 0 Å². The van der Waals surface area contributed by atoms with Crippen LogP contribution in [0.2, 0.25) is 0 Å². The van der Waals surface area contributed by atoms with Gasteiger partial charge in [-0.15, -0.1) is 0 Å². The average Bonchev–Trinajstić information content (AvgIpc) is 3.14. The van der Waals surface area contributed by atoms with Crippen LogP contribution in [-0.4, -0.2) is 61.4 Å². The lowest BCUT2D eigenvalue weighted by Crippen LogP contribution is -2.48. The Kier molecular flexibility index (Phi) is 6.02. The first-order valence-electron chi connectivity index (χ1n) is 10.4. The molecule has 0 aromatic heterocycles. The Morgan fingerprint density at radius 2 is 1.90 bits per heavy atom. The van der Waals surface area contributed by atoms with Gasteiger partial charge in [-0.2, -0.15) is 0 Å². The summed E-state index contributed by atoms with van der Waals surface area (Å²) in [5.41, 5.74) is 1.33. The lowest BCUT2D eigenvalue weighted by molar-refractivity contribution is -0.166. The van der Waals surface area contributed by atoms with Crippen LogP contribution in [0.5, 0.6) is 11.5 Å². The van der Waals surface area contributed by atoms with E-state index in [-0.39, 0.29) is 36.5 Å². The van der Waals surface area contributed by atoms with Gasteiger partial charge in [0.15, 0.2) is 5.79 Å². The zero-order valence-corrected chi connectivity index (χ0v) is 17.7. The number of hydrogen-bond donors (Lipinski definition) is 1. The van der Waals surface area contributed by atoms with Crippen molar-refractivity contribution in [2.45, 2.75) is 25.7 Å². The maximum atomic E-state index is 14.2. The van der Waals surface area contributed by atoms with Gasteiger partial charge < -0.3 is 29.1 Å². The molecule has 0 radical (unpaired) electrons. The summed E-state index contributed by atoms with van der Waals surface area (Å²) in [6.45, 7) is 6.87. The van der Waals surface area contributed by atoms with Crippen molar-refractivity contribution in [2.75, 3.05) is 44.3 Å². The number of carbonyl (C=O) groups is 1. The number of halogens is 1. The standard InChI is InChI=1S/C23H27FN2O5/c1-16(27)25-9-11-26(12-10-25)17-3-6-19(7-4-17)29-14-20-15-30-23(2,31-20)21-8-5-18(28)13-22(21)24/h3-8,13,20,28H,9-12,14-15H2,1-2H3. The molecule has 2 aliphatic heterocycles.